The fraction of sp³-hybridized carbons (Fsp3) is 0.364. The number of nitrogens with one attached hydrogen (secondary N) is 2. The Bertz CT molecular complexity index is 476. The molecule has 1 aromatic heterocycles. The molecule has 0 bridgehead atoms. The minimum atomic E-state index is 0.796. The minimum Gasteiger partial charge on any atom is -0.342 e. The van der Waals surface area contributed by atoms with Crippen LogP contribution in [0.2, 0.25) is 5.02 Å². The number of H-pyrrole nitrogens is 1. The molecule has 0 aliphatic heterocycles. The van der Waals surface area contributed by atoms with Crippen molar-refractivity contribution in [3.63, 3.8) is 0 Å². The van der Waals surface area contributed by atoms with Crippen molar-refractivity contribution >= 4 is 22.6 Å². The third-order valence-corrected chi connectivity index (χ3v) is 2.76. The maximum Gasteiger partial charge on any atom is 0.104 e. The largest absolute Gasteiger partial charge is 0.342 e. The number of halogens is 1. The van der Waals surface area contributed by atoms with E-state index in [4.69, 9.17) is 11.6 Å². The van der Waals surface area contributed by atoms with Crippen molar-refractivity contribution < 1.29 is 0 Å². The molecular formula is C11H14ClN3. The van der Waals surface area contributed by atoms with Gasteiger partial charge < -0.3 is 10.3 Å². The molecule has 0 saturated carbocycles. The van der Waals surface area contributed by atoms with Crippen molar-refractivity contribution in [2.45, 2.75) is 13.3 Å². The first kappa shape index (κ1) is 10.5. The fourth-order valence-electron chi connectivity index (χ4n) is 1.65. The Morgan fingerprint density at radius 2 is 2.27 bits per heavy atom. The standard InChI is InChI=1S/C11H14ClN3/c1-7-14-10-5-8(3-4-13-2)9(12)6-11(10)15-7/h5-6,13H,3-4H2,1-2H3,(H,14,15). The van der Waals surface area contributed by atoms with Gasteiger partial charge in [-0.3, -0.25) is 0 Å². The smallest absolute Gasteiger partial charge is 0.104 e. The van der Waals surface area contributed by atoms with Gasteiger partial charge in [-0.25, -0.2) is 4.98 Å². The maximum absolute atomic E-state index is 6.17. The average molecular weight is 224 g/mol. The maximum atomic E-state index is 6.17. The van der Waals surface area contributed by atoms with Crippen LogP contribution in [0, 0.1) is 6.92 Å². The summed E-state index contributed by atoms with van der Waals surface area (Å²) >= 11 is 6.17. The Kier molecular flexibility index (Phi) is 2.93. The van der Waals surface area contributed by atoms with E-state index in [1.165, 1.54) is 0 Å². The summed E-state index contributed by atoms with van der Waals surface area (Å²) in [4.78, 5) is 7.55. The number of rotatable bonds is 3. The second-order valence-electron chi connectivity index (χ2n) is 3.64. The van der Waals surface area contributed by atoms with E-state index < -0.39 is 0 Å². The van der Waals surface area contributed by atoms with E-state index in [9.17, 15) is 0 Å². The Labute approximate surface area is 93.9 Å². The first-order valence-corrected chi connectivity index (χ1v) is 5.38. The Hall–Kier alpha value is -1.06. The predicted molar refractivity (Wildman–Crippen MR) is 63.5 cm³/mol. The van der Waals surface area contributed by atoms with Gasteiger partial charge in [-0.2, -0.15) is 0 Å². The van der Waals surface area contributed by atoms with Crippen LogP contribution in [0.4, 0.5) is 0 Å². The molecule has 80 valence electrons. The van der Waals surface area contributed by atoms with E-state index in [-0.39, 0.29) is 0 Å². The fourth-order valence-corrected chi connectivity index (χ4v) is 1.91. The first-order chi connectivity index (χ1) is 7.20. The van der Waals surface area contributed by atoms with E-state index >= 15 is 0 Å². The Balaban J connectivity index is 2.42. The van der Waals surface area contributed by atoms with Gasteiger partial charge in [-0.15, -0.1) is 0 Å². The van der Waals surface area contributed by atoms with Gasteiger partial charge in [0.05, 0.1) is 11.0 Å². The van der Waals surface area contributed by atoms with Crippen molar-refractivity contribution in [3.8, 4) is 0 Å². The third kappa shape index (κ3) is 2.13. The molecule has 0 radical (unpaired) electrons. The van der Waals surface area contributed by atoms with Gasteiger partial charge in [0.15, 0.2) is 0 Å². The van der Waals surface area contributed by atoms with Crippen LogP contribution in [0.5, 0.6) is 0 Å². The van der Waals surface area contributed by atoms with Crippen LogP contribution in [0.1, 0.15) is 11.4 Å². The first-order valence-electron chi connectivity index (χ1n) is 5.00. The summed E-state index contributed by atoms with van der Waals surface area (Å²) in [5.41, 5.74) is 3.15. The Morgan fingerprint density at radius 1 is 1.47 bits per heavy atom. The summed E-state index contributed by atoms with van der Waals surface area (Å²) in [6.45, 7) is 2.87. The van der Waals surface area contributed by atoms with E-state index in [0.29, 0.717) is 0 Å². The molecule has 0 amide bonds. The number of hydrogen-bond acceptors (Lipinski definition) is 2. The minimum absolute atomic E-state index is 0.796. The second-order valence-corrected chi connectivity index (χ2v) is 4.04. The van der Waals surface area contributed by atoms with Crippen LogP contribution >= 0.6 is 11.6 Å². The van der Waals surface area contributed by atoms with E-state index in [1.54, 1.807) is 0 Å². The summed E-state index contributed by atoms with van der Waals surface area (Å²) in [6, 6.07) is 4.00. The molecular weight excluding hydrogens is 210 g/mol. The molecule has 1 aromatic carbocycles. The van der Waals surface area contributed by atoms with E-state index in [1.807, 2.05) is 20.0 Å². The predicted octanol–water partition coefficient (Wildman–Crippen LogP) is 2.29. The van der Waals surface area contributed by atoms with Gasteiger partial charge in [-0.1, -0.05) is 11.6 Å². The monoisotopic (exact) mass is 223 g/mol. The molecule has 0 atom stereocenters. The quantitative estimate of drug-likeness (QED) is 0.838. The van der Waals surface area contributed by atoms with Crippen LogP contribution in [0.25, 0.3) is 11.0 Å². The number of aryl methyl sites for hydroxylation is 1. The number of nitrogens with zero attached hydrogens (tertiary/aromatic N) is 1. The molecule has 1 heterocycles. The molecule has 0 saturated heterocycles. The lowest BCUT2D eigenvalue weighted by Crippen LogP contribution is -2.10. The van der Waals surface area contributed by atoms with Gasteiger partial charge in [0, 0.05) is 5.02 Å². The summed E-state index contributed by atoms with van der Waals surface area (Å²) < 4.78 is 0. The molecule has 0 spiro atoms. The van der Waals surface area contributed by atoms with Crippen molar-refractivity contribution in [3.05, 3.63) is 28.5 Å². The van der Waals surface area contributed by atoms with Crippen LogP contribution < -0.4 is 5.32 Å². The molecule has 0 fully saturated rings. The second kappa shape index (κ2) is 4.21. The van der Waals surface area contributed by atoms with Crippen LogP contribution in [0.15, 0.2) is 12.1 Å². The molecule has 4 heteroatoms. The highest BCUT2D eigenvalue weighted by atomic mass is 35.5. The van der Waals surface area contributed by atoms with Gasteiger partial charge in [0.1, 0.15) is 5.82 Å². The SMILES string of the molecule is CNCCc1cc2[nH]c(C)nc2cc1Cl. The zero-order chi connectivity index (χ0) is 10.8. The zero-order valence-electron chi connectivity index (χ0n) is 8.89. The highest BCUT2D eigenvalue weighted by molar-refractivity contribution is 6.32. The Morgan fingerprint density at radius 3 is 3.00 bits per heavy atom. The summed E-state index contributed by atoms with van der Waals surface area (Å²) in [6.07, 6.45) is 0.934. The third-order valence-electron chi connectivity index (χ3n) is 2.41. The number of likely N-dealkylation sites (N-methyl/N-ethyl adjacent to an activating group) is 1. The number of benzene rings is 1. The molecule has 0 unspecified atom stereocenters. The lowest BCUT2D eigenvalue weighted by atomic mass is 10.1. The highest BCUT2D eigenvalue weighted by Crippen LogP contribution is 2.22. The molecule has 0 aliphatic rings. The summed E-state index contributed by atoms with van der Waals surface area (Å²) in [5, 5.41) is 3.91. The number of imidazole rings is 1. The molecule has 3 nitrogen and oxygen atoms in total. The van der Waals surface area contributed by atoms with Crippen molar-refractivity contribution in [2.75, 3.05) is 13.6 Å². The van der Waals surface area contributed by atoms with Crippen LogP contribution in [0.3, 0.4) is 0 Å². The van der Waals surface area contributed by atoms with Crippen molar-refractivity contribution in [1.29, 1.82) is 0 Å². The number of aromatic nitrogens is 2. The van der Waals surface area contributed by atoms with Crippen LogP contribution in [-0.2, 0) is 6.42 Å². The normalized spacial score (nSPS) is 11.1. The topological polar surface area (TPSA) is 40.7 Å². The van der Waals surface area contributed by atoms with Gasteiger partial charge in [0.25, 0.3) is 0 Å². The average Bonchev–Trinajstić information content (AvgIpc) is 2.53. The lowest BCUT2D eigenvalue weighted by Gasteiger charge is -2.03. The number of aromatic amines is 1. The van der Waals surface area contributed by atoms with Crippen molar-refractivity contribution in [2.24, 2.45) is 0 Å². The lowest BCUT2D eigenvalue weighted by molar-refractivity contribution is 0.792. The van der Waals surface area contributed by atoms with Gasteiger partial charge in [-0.05, 0) is 44.6 Å². The molecule has 0 aliphatic carbocycles. The molecule has 2 rings (SSSR count). The highest BCUT2D eigenvalue weighted by Gasteiger charge is 2.05. The van der Waals surface area contributed by atoms with E-state index in [0.717, 1.165) is 40.4 Å². The summed E-state index contributed by atoms with van der Waals surface area (Å²) in [5.74, 6) is 0.923. The summed E-state index contributed by atoms with van der Waals surface area (Å²) in [7, 11) is 1.94. The molecule has 2 N–H and O–H groups in total. The van der Waals surface area contributed by atoms with Crippen molar-refractivity contribution in [1.82, 2.24) is 15.3 Å². The van der Waals surface area contributed by atoms with Gasteiger partial charge >= 0.3 is 0 Å². The zero-order valence-corrected chi connectivity index (χ0v) is 9.65. The molecule has 15 heavy (non-hydrogen) atoms. The van der Waals surface area contributed by atoms with Gasteiger partial charge in [0.2, 0.25) is 0 Å². The molecule has 2 aromatic rings. The van der Waals surface area contributed by atoms with Crippen LogP contribution in [-0.4, -0.2) is 23.6 Å². The van der Waals surface area contributed by atoms with E-state index in [2.05, 4.69) is 21.4 Å². The number of fused-ring (bicyclic) bond motifs is 1. The number of hydrogen-bond donors (Lipinski definition) is 2.